The summed E-state index contributed by atoms with van der Waals surface area (Å²) in [5.74, 6) is -0.949. The van der Waals surface area contributed by atoms with Crippen LogP contribution in [0.3, 0.4) is 0 Å². The van der Waals surface area contributed by atoms with Crippen LogP contribution >= 0.6 is 0 Å². The van der Waals surface area contributed by atoms with Gasteiger partial charge in [0.05, 0.1) is 10.5 Å². The SMILES string of the molecule is Cc1ccc(S(=O)(=O)N2CCC(CN)C2)cc1C(=O)O. The monoisotopic (exact) mass is 298 g/mol. The van der Waals surface area contributed by atoms with Crippen LogP contribution in [0, 0.1) is 12.8 Å². The van der Waals surface area contributed by atoms with E-state index < -0.39 is 16.0 Å². The van der Waals surface area contributed by atoms with Gasteiger partial charge in [-0.1, -0.05) is 6.07 Å². The van der Waals surface area contributed by atoms with Gasteiger partial charge in [-0.05, 0) is 43.5 Å². The van der Waals surface area contributed by atoms with Gasteiger partial charge in [0.25, 0.3) is 0 Å². The first-order valence-electron chi connectivity index (χ1n) is 6.40. The maximum atomic E-state index is 12.5. The van der Waals surface area contributed by atoms with Gasteiger partial charge in [0.15, 0.2) is 0 Å². The fourth-order valence-electron chi connectivity index (χ4n) is 2.35. The molecule has 1 aliphatic heterocycles. The Bertz CT molecular complexity index is 627. The Labute approximate surface area is 118 Å². The molecule has 2 rings (SSSR count). The molecule has 110 valence electrons. The van der Waals surface area contributed by atoms with E-state index >= 15 is 0 Å². The van der Waals surface area contributed by atoms with Gasteiger partial charge in [-0.15, -0.1) is 0 Å². The van der Waals surface area contributed by atoms with Crippen LogP contribution in [0.25, 0.3) is 0 Å². The third kappa shape index (κ3) is 2.70. The van der Waals surface area contributed by atoms with Crippen LogP contribution in [0.5, 0.6) is 0 Å². The molecule has 6 nitrogen and oxygen atoms in total. The molecule has 0 spiro atoms. The standard InChI is InChI=1S/C13H18N2O4S/c1-9-2-3-11(6-12(9)13(16)17)20(18,19)15-5-4-10(7-14)8-15/h2-3,6,10H,4-5,7-8,14H2,1H3,(H,16,17). The zero-order valence-electron chi connectivity index (χ0n) is 11.2. The van der Waals surface area contributed by atoms with Crippen molar-refractivity contribution in [3.8, 4) is 0 Å². The molecule has 0 radical (unpaired) electrons. The Morgan fingerprint density at radius 3 is 2.75 bits per heavy atom. The number of rotatable bonds is 4. The minimum atomic E-state index is -3.64. The predicted octanol–water partition coefficient (Wildman–Crippen LogP) is 0.663. The minimum Gasteiger partial charge on any atom is -0.478 e. The number of nitrogens with zero attached hydrogens (tertiary/aromatic N) is 1. The van der Waals surface area contributed by atoms with Crippen molar-refractivity contribution in [3.63, 3.8) is 0 Å². The zero-order valence-corrected chi connectivity index (χ0v) is 12.1. The Kier molecular flexibility index (Phi) is 4.12. The van der Waals surface area contributed by atoms with E-state index in [0.29, 0.717) is 25.2 Å². The lowest BCUT2D eigenvalue weighted by Gasteiger charge is -2.17. The molecule has 1 heterocycles. The number of aromatic carboxylic acids is 1. The fourth-order valence-corrected chi connectivity index (χ4v) is 3.91. The Morgan fingerprint density at radius 1 is 1.50 bits per heavy atom. The van der Waals surface area contributed by atoms with Crippen molar-refractivity contribution in [2.45, 2.75) is 18.2 Å². The molecule has 0 bridgehead atoms. The molecule has 0 aromatic heterocycles. The van der Waals surface area contributed by atoms with Crippen molar-refractivity contribution in [2.24, 2.45) is 11.7 Å². The van der Waals surface area contributed by atoms with Gasteiger partial charge in [0.2, 0.25) is 10.0 Å². The number of aryl methyl sites for hydroxylation is 1. The van der Waals surface area contributed by atoms with E-state index in [-0.39, 0.29) is 16.4 Å². The van der Waals surface area contributed by atoms with Crippen LogP contribution in [0.2, 0.25) is 0 Å². The molecule has 1 aliphatic rings. The topological polar surface area (TPSA) is 101 Å². The lowest BCUT2D eigenvalue weighted by molar-refractivity contribution is 0.0696. The summed E-state index contributed by atoms with van der Waals surface area (Å²) < 4.78 is 26.3. The number of hydrogen-bond acceptors (Lipinski definition) is 4. The van der Waals surface area contributed by atoms with Gasteiger partial charge in [-0.3, -0.25) is 0 Å². The predicted molar refractivity (Wildman–Crippen MR) is 74.1 cm³/mol. The number of hydrogen-bond donors (Lipinski definition) is 2. The van der Waals surface area contributed by atoms with Crippen LogP contribution in [-0.2, 0) is 10.0 Å². The molecule has 1 aromatic carbocycles. The second-order valence-electron chi connectivity index (χ2n) is 5.04. The van der Waals surface area contributed by atoms with Crippen LogP contribution in [0.4, 0.5) is 0 Å². The van der Waals surface area contributed by atoms with E-state index in [2.05, 4.69) is 0 Å². The molecular formula is C13H18N2O4S. The average Bonchev–Trinajstić information content (AvgIpc) is 2.88. The summed E-state index contributed by atoms with van der Waals surface area (Å²) in [5, 5.41) is 9.08. The molecule has 0 saturated carbocycles. The quantitative estimate of drug-likeness (QED) is 0.850. The number of carbonyl (C=O) groups is 1. The summed E-state index contributed by atoms with van der Waals surface area (Å²) in [5.41, 5.74) is 6.12. The summed E-state index contributed by atoms with van der Waals surface area (Å²) in [4.78, 5) is 11.1. The highest BCUT2D eigenvalue weighted by atomic mass is 32.2. The lowest BCUT2D eigenvalue weighted by atomic mass is 10.1. The van der Waals surface area contributed by atoms with Gasteiger partial charge in [0.1, 0.15) is 0 Å². The van der Waals surface area contributed by atoms with Crippen molar-refractivity contribution in [1.29, 1.82) is 0 Å². The molecule has 3 N–H and O–H groups in total. The highest BCUT2D eigenvalue weighted by Gasteiger charge is 2.32. The Hall–Kier alpha value is -1.44. The van der Waals surface area contributed by atoms with Crippen LogP contribution < -0.4 is 5.73 Å². The normalized spacial score (nSPS) is 20.2. The minimum absolute atomic E-state index is 0.0145. The lowest BCUT2D eigenvalue weighted by Crippen LogP contribution is -2.30. The third-order valence-electron chi connectivity index (χ3n) is 3.66. The number of sulfonamides is 1. The summed E-state index contributed by atoms with van der Waals surface area (Å²) in [6, 6.07) is 4.20. The van der Waals surface area contributed by atoms with Gasteiger partial charge >= 0.3 is 5.97 Å². The Balaban J connectivity index is 2.35. The van der Waals surface area contributed by atoms with Crippen LogP contribution in [-0.4, -0.2) is 43.4 Å². The third-order valence-corrected chi connectivity index (χ3v) is 5.52. The molecule has 20 heavy (non-hydrogen) atoms. The smallest absolute Gasteiger partial charge is 0.335 e. The van der Waals surface area contributed by atoms with Crippen molar-refractivity contribution >= 4 is 16.0 Å². The van der Waals surface area contributed by atoms with E-state index in [1.165, 1.54) is 22.5 Å². The second-order valence-corrected chi connectivity index (χ2v) is 6.97. The average molecular weight is 298 g/mol. The van der Waals surface area contributed by atoms with E-state index in [1.807, 2.05) is 0 Å². The van der Waals surface area contributed by atoms with Crippen molar-refractivity contribution in [3.05, 3.63) is 29.3 Å². The highest BCUT2D eigenvalue weighted by Crippen LogP contribution is 2.25. The number of carboxylic acid groups (broad SMARTS) is 1. The molecule has 1 saturated heterocycles. The first-order valence-corrected chi connectivity index (χ1v) is 7.84. The summed E-state index contributed by atoms with van der Waals surface area (Å²) in [6.07, 6.45) is 0.743. The van der Waals surface area contributed by atoms with Gasteiger partial charge in [0, 0.05) is 13.1 Å². The van der Waals surface area contributed by atoms with Crippen molar-refractivity contribution in [1.82, 2.24) is 4.31 Å². The first-order chi connectivity index (χ1) is 9.36. The molecule has 1 atom stereocenters. The number of nitrogens with two attached hydrogens (primary N) is 1. The first kappa shape index (κ1) is 15.0. The van der Waals surface area contributed by atoms with E-state index in [1.54, 1.807) is 6.92 Å². The highest BCUT2D eigenvalue weighted by molar-refractivity contribution is 7.89. The van der Waals surface area contributed by atoms with E-state index in [4.69, 9.17) is 10.8 Å². The fraction of sp³-hybridized carbons (Fsp3) is 0.462. The largest absolute Gasteiger partial charge is 0.478 e. The summed E-state index contributed by atoms with van der Waals surface area (Å²) in [6.45, 7) is 2.93. The molecule has 1 unspecified atom stereocenters. The summed E-state index contributed by atoms with van der Waals surface area (Å²) >= 11 is 0. The van der Waals surface area contributed by atoms with Crippen LogP contribution in [0.15, 0.2) is 23.1 Å². The molecule has 1 fully saturated rings. The van der Waals surface area contributed by atoms with Crippen molar-refractivity contribution in [2.75, 3.05) is 19.6 Å². The van der Waals surface area contributed by atoms with Gasteiger partial charge < -0.3 is 10.8 Å². The van der Waals surface area contributed by atoms with Gasteiger partial charge in [-0.2, -0.15) is 4.31 Å². The molecule has 0 amide bonds. The van der Waals surface area contributed by atoms with Gasteiger partial charge in [-0.25, -0.2) is 13.2 Å². The van der Waals surface area contributed by atoms with Crippen LogP contribution in [0.1, 0.15) is 22.3 Å². The van der Waals surface area contributed by atoms with E-state index in [0.717, 1.165) is 6.42 Å². The maximum absolute atomic E-state index is 12.5. The van der Waals surface area contributed by atoms with Crippen molar-refractivity contribution < 1.29 is 18.3 Å². The molecule has 1 aromatic rings. The Morgan fingerprint density at radius 2 is 2.20 bits per heavy atom. The van der Waals surface area contributed by atoms with E-state index in [9.17, 15) is 13.2 Å². The molecule has 7 heteroatoms. The maximum Gasteiger partial charge on any atom is 0.335 e. The molecular weight excluding hydrogens is 280 g/mol. The number of carboxylic acids is 1. The second kappa shape index (κ2) is 5.51. The number of benzene rings is 1. The summed E-state index contributed by atoms with van der Waals surface area (Å²) in [7, 11) is -3.64. The molecule has 0 aliphatic carbocycles. The zero-order chi connectivity index (χ0) is 14.9.